The van der Waals surface area contributed by atoms with E-state index in [0.717, 1.165) is 30.5 Å². The monoisotopic (exact) mass is 238 g/mol. The maximum atomic E-state index is 3.68. The van der Waals surface area contributed by atoms with Crippen LogP contribution < -0.4 is 5.32 Å². The summed E-state index contributed by atoms with van der Waals surface area (Å²) in [6.45, 7) is 10.9. The number of rotatable bonds is 4. The lowest BCUT2D eigenvalue weighted by atomic mass is 9.93. The van der Waals surface area contributed by atoms with Gasteiger partial charge in [-0.25, -0.2) is 0 Å². The zero-order chi connectivity index (χ0) is 12.3. The Labute approximate surface area is 107 Å². The molecule has 0 aromatic carbocycles. The smallest absolute Gasteiger partial charge is 0.0107 e. The van der Waals surface area contributed by atoms with Crippen molar-refractivity contribution in [1.29, 1.82) is 0 Å². The molecule has 0 bridgehead atoms. The van der Waals surface area contributed by atoms with Crippen molar-refractivity contribution in [3.05, 3.63) is 0 Å². The second kappa shape index (κ2) is 6.19. The number of piperidine rings is 1. The van der Waals surface area contributed by atoms with E-state index in [1.54, 1.807) is 0 Å². The van der Waals surface area contributed by atoms with E-state index in [-0.39, 0.29) is 0 Å². The quantitative estimate of drug-likeness (QED) is 0.810. The van der Waals surface area contributed by atoms with Crippen LogP contribution in [0.5, 0.6) is 0 Å². The Morgan fingerprint density at radius 1 is 1.12 bits per heavy atom. The van der Waals surface area contributed by atoms with E-state index in [2.05, 4.69) is 31.0 Å². The highest BCUT2D eigenvalue weighted by atomic mass is 15.2. The summed E-state index contributed by atoms with van der Waals surface area (Å²) in [4.78, 5) is 2.76. The van der Waals surface area contributed by atoms with Crippen molar-refractivity contribution in [3.63, 3.8) is 0 Å². The molecule has 1 saturated carbocycles. The Morgan fingerprint density at radius 3 is 2.71 bits per heavy atom. The van der Waals surface area contributed by atoms with Crippen LogP contribution in [-0.2, 0) is 0 Å². The number of hydrogen-bond acceptors (Lipinski definition) is 2. The van der Waals surface area contributed by atoms with Crippen LogP contribution in [0.4, 0.5) is 0 Å². The average molecular weight is 238 g/mol. The van der Waals surface area contributed by atoms with Crippen LogP contribution in [0.3, 0.4) is 0 Å². The minimum atomic E-state index is 0.796. The number of nitrogens with one attached hydrogen (secondary N) is 1. The predicted octanol–water partition coefficient (Wildman–Crippen LogP) is 2.89. The molecule has 17 heavy (non-hydrogen) atoms. The average Bonchev–Trinajstić information content (AvgIpc) is 2.72. The summed E-state index contributed by atoms with van der Waals surface area (Å²) in [5.74, 6) is 1.81. The summed E-state index contributed by atoms with van der Waals surface area (Å²) < 4.78 is 0. The highest BCUT2D eigenvalue weighted by molar-refractivity contribution is 4.87. The molecule has 0 spiro atoms. The van der Waals surface area contributed by atoms with Gasteiger partial charge in [-0.3, -0.25) is 0 Å². The van der Waals surface area contributed by atoms with Crippen LogP contribution in [0, 0.1) is 11.8 Å². The molecule has 1 N–H and O–H groups in total. The molecule has 1 saturated heterocycles. The van der Waals surface area contributed by atoms with Gasteiger partial charge in [0.2, 0.25) is 0 Å². The second-order valence-corrected chi connectivity index (χ2v) is 6.34. The molecule has 0 amide bonds. The van der Waals surface area contributed by atoms with E-state index in [1.807, 2.05) is 0 Å². The van der Waals surface area contributed by atoms with Gasteiger partial charge in [-0.1, -0.05) is 20.3 Å². The predicted molar refractivity (Wildman–Crippen MR) is 74.2 cm³/mol. The fourth-order valence-corrected chi connectivity index (χ4v) is 3.72. The summed E-state index contributed by atoms with van der Waals surface area (Å²) in [5, 5.41) is 3.68. The van der Waals surface area contributed by atoms with Gasteiger partial charge in [0, 0.05) is 25.2 Å². The summed E-state index contributed by atoms with van der Waals surface area (Å²) in [5.41, 5.74) is 0. The SMILES string of the molecule is CCNC1CCCC1CN1CC(C)CCC1C. The lowest BCUT2D eigenvalue weighted by Crippen LogP contribution is -2.46. The van der Waals surface area contributed by atoms with Crippen LogP contribution in [0.25, 0.3) is 0 Å². The third kappa shape index (κ3) is 3.45. The van der Waals surface area contributed by atoms with Crippen molar-refractivity contribution in [3.8, 4) is 0 Å². The van der Waals surface area contributed by atoms with Crippen molar-refractivity contribution in [1.82, 2.24) is 10.2 Å². The first kappa shape index (κ1) is 13.4. The van der Waals surface area contributed by atoms with Crippen molar-refractivity contribution >= 4 is 0 Å². The van der Waals surface area contributed by atoms with Gasteiger partial charge in [-0.2, -0.15) is 0 Å². The molecular formula is C15H30N2. The fraction of sp³-hybridized carbons (Fsp3) is 1.00. The molecule has 2 heteroatoms. The third-order valence-electron chi connectivity index (χ3n) is 4.84. The van der Waals surface area contributed by atoms with E-state index >= 15 is 0 Å². The minimum Gasteiger partial charge on any atom is -0.314 e. The van der Waals surface area contributed by atoms with Crippen LogP contribution in [-0.4, -0.2) is 36.6 Å². The van der Waals surface area contributed by atoms with Gasteiger partial charge in [0.1, 0.15) is 0 Å². The Balaban J connectivity index is 1.86. The zero-order valence-corrected chi connectivity index (χ0v) is 11.9. The van der Waals surface area contributed by atoms with Gasteiger partial charge in [0.15, 0.2) is 0 Å². The summed E-state index contributed by atoms with van der Waals surface area (Å²) in [6, 6.07) is 1.61. The molecule has 1 heterocycles. The molecule has 4 unspecified atom stereocenters. The number of hydrogen-bond donors (Lipinski definition) is 1. The summed E-state index contributed by atoms with van der Waals surface area (Å²) >= 11 is 0. The van der Waals surface area contributed by atoms with Gasteiger partial charge < -0.3 is 10.2 Å². The van der Waals surface area contributed by atoms with E-state index in [9.17, 15) is 0 Å². The van der Waals surface area contributed by atoms with Crippen molar-refractivity contribution in [2.75, 3.05) is 19.6 Å². The maximum Gasteiger partial charge on any atom is 0.0107 e. The molecular weight excluding hydrogens is 208 g/mol. The lowest BCUT2D eigenvalue weighted by Gasteiger charge is -2.39. The highest BCUT2D eigenvalue weighted by Crippen LogP contribution is 2.29. The standard InChI is InChI=1S/C15H30N2/c1-4-16-15-7-5-6-14(15)11-17-10-12(2)8-9-13(17)3/h12-16H,4-11H2,1-3H3. The number of likely N-dealkylation sites (tertiary alicyclic amines) is 1. The van der Waals surface area contributed by atoms with E-state index in [1.165, 1.54) is 45.2 Å². The van der Waals surface area contributed by atoms with E-state index in [0.29, 0.717) is 0 Å². The summed E-state index contributed by atoms with van der Waals surface area (Å²) in [7, 11) is 0. The molecule has 100 valence electrons. The van der Waals surface area contributed by atoms with Gasteiger partial charge >= 0.3 is 0 Å². The molecule has 2 aliphatic rings. The van der Waals surface area contributed by atoms with Gasteiger partial charge in [-0.05, 0) is 51.0 Å². The zero-order valence-electron chi connectivity index (χ0n) is 11.9. The molecule has 0 radical (unpaired) electrons. The Kier molecular flexibility index (Phi) is 4.87. The first-order chi connectivity index (χ1) is 8.20. The van der Waals surface area contributed by atoms with Crippen molar-refractivity contribution < 1.29 is 0 Å². The fourth-order valence-electron chi connectivity index (χ4n) is 3.72. The van der Waals surface area contributed by atoms with E-state index in [4.69, 9.17) is 0 Å². The van der Waals surface area contributed by atoms with Crippen molar-refractivity contribution in [2.45, 2.75) is 65.0 Å². The van der Waals surface area contributed by atoms with Crippen LogP contribution >= 0.6 is 0 Å². The normalized spacial score (nSPS) is 39.7. The minimum absolute atomic E-state index is 0.796. The molecule has 2 nitrogen and oxygen atoms in total. The van der Waals surface area contributed by atoms with Crippen molar-refractivity contribution in [2.24, 2.45) is 11.8 Å². The Morgan fingerprint density at radius 2 is 1.94 bits per heavy atom. The first-order valence-corrected chi connectivity index (χ1v) is 7.68. The molecule has 2 fully saturated rings. The van der Waals surface area contributed by atoms with Gasteiger partial charge in [-0.15, -0.1) is 0 Å². The van der Waals surface area contributed by atoms with Gasteiger partial charge in [0.25, 0.3) is 0 Å². The van der Waals surface area contributed by atoms with Crippen LogP contribution in [0.15, 0.2) is 0 Å². The lowest BCUT2D eigenvalue weighted by molar-refractivity contribution is 0.1000. The van der Waals surface area contributed by atoms with E-state index < -0.39 is 0 Å². The number of nitrogens with zero attached hydrogens (tertiary/aromatic N) is 1. The Bertz CT molecular complexity index is 229. The first-order valence-electron chi connectivity index (χ1n) is 7.68. The molecule has 0 aromatic heterocycles. The highest BCUT2D eigenvalue weighted by Gasteiger charge is 2.31. The Hall–Kier alpha value is -0.0800. The molecule has 1 aliphatic carbocycles. The largest absolute Gasteiger partial charge is 0.314 e. The molecule has 4 atom stereocenters. The summed E-state index contributed by atoms with van der Waals surface area (Å²) in [6.07, 6.45) is 7.10. The molecule has 2 rings (SSSR count). The maximum absolute atomic E-state index is 3.68. The van der Waals surface area contributed by atoms with Gasteiger partial charge in [0.05, 0.1) is 0 Å². The molecule has 0 aromatic rings. The van der Waals surface area contributed by atoms with Crippen LogP contribution in [0.1, 0.15) is 52.9 Å². The second-order valence-electron chi connectivity index (χ2n) is 6.34. The molecule has 1 aliphatic heterocycles. The van der Waals surface area contributed by atoms with Crippen LogP contribution in [0.2, 0.25) is 0 Å². The topological polar surface area (TPSA) is 15.3 Å². The third-order valence-corrected chi connectivity index (χ3v) is 4.84.